The molecular weight excluding hydrogens is 280 g/mol. The van der Waals surface area contributed by atoms with Gasteiger partial charge in [0, 0.05) is 31.2 Å². The fourth-order valence-corrected chi connectivity index (χ4v) is 2.41. The Morgan fingerprint density at radius 2 is 2.12 bits per heavy atom. The van der Waals surface area contributed by atoms with Gasteiger partial charge in [0.15, 0.2) is 5.65 Å². The van der Waals surface area contributed by atoms with E-state index in [4.69, 9.17) is 0 Å². The number of halogens is 1. The Labute approximate surface area is 107 Å². The Bertz CT molecular complexity index is 696. The lowest BCUT2D eigenvalue weighted by molar-refractivity contribution is 0.756. The molecule has 0 spiro atoms. The first kappa shape index (κ1) is 10.5. The molecule has 0 saturated heterocycles. The molecule has 3 aromatic rings. The SMILES string of the molecule is Cc1nn(C)cc1-c1cn2cccc(Br)c2n1. The van der Waals surface area contributed by atoms with E-state index in [9.17, 15) is 0 Å². The van der Waals surface area contributed by atoms with Crippen LogP contribution in [0.1, 0.15) is 5.69 Å². The minimum Gasteiger partial charge on any atom is -0.306 e. The summed E-state index contributed by atoms with van der Waals surface area (Å²) in [5.74, 6) is 0. The fourth-order valence-electron chi connectivity index (χ4n) is 1.96. The maximum Gasteiger partial charge on any atom is 0.151 e. The summed E-state index contributed by atoms with van der Waals surface area (Å²) in [6.45, 7) is 1.99. The summed E-state index contributed by atoms with van der Waals surface area (Å²) in [6.07, 6.45) is 6.00. The first-order valence-electron chi connectivity index (χ1n) is 5.29. The van der Waals surface area contributed by atoms with Crippen LogP contribution in [0.25, 0.3) is 16.9 Å². The van der Waals surface area contributed by atoms with E-state index in [1.165, 1.54) is 0 Å². The largest absolute Gasteiger partial charge is 0.306 e. The molecule has 0 bridgehead atoms. The summed E-state index contributed by atoms with van der Waals surface area (Å²) < 4.78 is 4.81. The topological polar surface area (TPSA) is 35.1 Å². The van der Waals surface area contributed by atoms with Crippen LogP contribution in [0.3, 0.4) is 0 Å². The van der Waals surface area contributed by atoms with Gasteiger partial charge in [0.1, 0.15) is 0 Å². The van der Waals surface area contributed by atoms with Crippen LogP contribution in [-0.4, -0.2) is 19.2 Å². The minimum absolute atomic E-state index is 0.922. The number of imidazole rings is 1. The molecule has 0 radical (unpaired) electrons. The molecule has 0 aliphatic heterocycles. The van der Waals surface area contributed by atoms with E-state index in [2.05, 4.69) is 26.0 Å². The summed E-state index contributed by atoms with van der Waals surface area (Å²) >= 11 is 3.50. The van der Waals surface area contributed by atoms with E-state index in [0.29, 0.717) is 0 Å². The van der Waals surface area contributed by atoms with E-state index < -0.39 is 0 Å². The first-order chi connectivity index (χ1) is 8.15. The van der Waals surface area contributed by atoms with Gasteiger partial charge in [-0.25, -0.2) is 4.98 Å². The zero-order chi connectivity index (χ0) is 12.0. The molecule has 0 fully saturated rings. The van der Waals surface area contributed by atoms with Gasteiger partial charge in [-0.15, -0.1) is 0 Å². The van der Waals surface area contributed by atoms with Gasteiger partial charge in [-0.1, -0.05) is 0 Å². The zero-order valence-corrected chi connectivity index (χ0v) is 11.1. The lowest BCUT2D eigenvalue weighted by Gasteiger charge is -1.92. The highest BCUT2D eigenvalue weighted by Gasteiger charge is 2.11. The third-order valence-electron chi connectivity index (χ3n) is 2.72. The van der Waals surface area contributed by atoms with Crippen LogP contribution >= 0.6 is 15.9 Å². The van der Waals surface area contributed by atoms with Crippen molar-refractivity contribution in [3.05, 3.63) is 40.9 Å². The van der Waals surface area contributed by atoms with Crippen molar-refractivity contribution in [2.75, 3.05) is 0 Å². The van der Waals surface area contributed by atoms with Crippen molar-refractivity contribution in [1.29, 1.82) is 0 Å². The van der Waals surface area contributed by atoms with Crippen molar-refractivity contribution < 1.29 is 0 Å². The third-order valence-corrected chi connectivity index (χ3v) is 3.34. The molecule has 3 aromatic heterocycles. The summed E-state index contributed by atoms with van der Waals surface area (Å²) in [7, 11) is 1.92. The number of fused-ring (bicyclic) bond motifs is 1. The maximum atomic E-state index is 4.62. The van der Waals surface area contributed by atoms with E-state index in [1.807, 2.05) is 53.8 Å². The first-order valence-corrected chi connectivity index (χ1v) is 6.08. The second-order valence-corrected chi connectivity index (χ2v) is 4.87. The molecule has 0 amide bonds. The van der Waals surface area contributed by atoms with Crippen molar-refractivity contribution >= 4 is 21.6 Å². The van der Waals surface area contributed by atoms with Gasteiger partial charge in [-0.2, -0.15) is 5.10 Å². The Morgan fingerprint density at radius 3 is 2.76 bits per heavy atom. The monoisotopic (exact) mass is 290 g/mol. The van der Waals surface area contributed by atoms with E-state index in [0.717, 1.165) is 27.1 Å². The molecular formula is C12H11BrN4. The minimum atomic E-state index is 0.922. The molecule has 4 nitrogen and oxygen atoms in total. The highest BCUT2D eigenvalue weighted by Crippen LogP contribution is 2.24. The van der Waals surface area contributed by atoms with E-state index in [-0.39, 0.29) is 0 Å². The highest BCUT2D eigenvalue weighted by atomic mass is 79.9. The van der Waals surface area contributed by atoms with Crippen molar-refractivity contribution in [2.45, 2.75) is 6.92 Å². The zero-order valence-electron chi connectivity index (χ0n) is 9.55. The van der Waals surface area contributed by atoms with Gasteiger partial charge in [0.05, 0.1) is 15.9 Å². The molecule has 0 aliphatic rings. The second kappa shape index (κ2) is 3.70. The van der Waals surface area contributed by atoms with Crippen molar-refractivity contribution in [3.8, 4) is 11.3 Å². The number of aromatic nitrogens is 4. The Balaban J connectivity index is 2.25. The van der Waals surface area contributed by atoms with Gasteiger partial charge in [-0.05, 0) is 35.0 Å². The van der Waals surface area contributed by atoms with Gasteiger partial charge < -0.3 is 4.40 Å². The Kier molecular flexibility index (Phi) is 2.29. The fraction of sp³-hybridized carbons (Fsp3) is 0.167. The number of pyridine rings is 1. The predicted octanol–water partition coefficient (Wildman–Crippen LogP) is 2.81. The average molecular weight is 291 g/mol. The van der Waals surface area contributed by atoms with Crippen molar-refractivity contribution in [1.82, 2.24) is 19.2 Å². The molecule has 0 N–H and O–H groups in total. The number of hydrogen-bond acceptors (Lipinski definition) is 2. The molecule has 5 heteroatoms. The molecule has 0 aliphatic carbocycles. The van der Waals surface area contributed by atoms with E-state index in [1.54, 1.807) is 0 Å². The Hall–Kier alpha value is -1.62. The smallest absolute Gasteiger partial charge is 0.151 e. The van der Waals surface area contributed by atoms with E-state index >= 15 is 0 Å². The Morgan fingerprint density at radius 1 is 1.29 bits per heavy atom. The van der Waals surface area contributed by atoms with Crippen LogP contribution in [0.4, 0.5) is 0 Å². The summed E-state index contributed by atoms with van der Waals surface area (Å²) in [6, 6.07) is 3.97. The van der Waals surface area contributed by atoms with Crippen molar-refractivity contribution in [3.63, 3.8) is 0 Å². The lowest BCUT2D eigenvalue weighted by atomic mass is 10.2. The number of hydrogen-bond donors (Lipinski definition) is 0. The van der Waals surface area contributed by atoms with Crippen molar-refractivity contribution in [2.24, 2.45) is 7.05 Å². The molecule has 0 atom stereocenters. The van der Waals surface area contributed by atoms with Gasteiger partial charge >= 0.3 is 0 Å². The quantitative estimate of drug-likeness (QED) is 0.691. The van der Waals surface area contributed by atoms with Gasteiger partial charge in [0.2, 0.25) is 0 Å². The van der Waals surface area contributed by atoms with Crippen LogP contribution in [0, 0.1) is 6.92 Å². The molecule has 17 heavy (non-hydrogen) atoms. The van der Waals surface area contributed by atoms with Crippen LogP contribution in [0.2, 0.25) is 0 Å². The number of rotatable bonds is 1. The van der Waals surface area contributed by atoms with Crippen LogP contribution in [-0.2, 0) is 7.05 Å². The second-order valence-electron chi connectivity index (χ2n) is 4.01. The molecule has 0 aromatic carbocycles. The van der Waals surface area contributed by atoms with Crippen LogP contribution in [0.15, 0.2) is 35.2 Å². The van der Waals surface area contributed by atoms with Crippen LogP contribution < -0.4 is 0 Å². The number of aryl methyl sites for hydroxylation is 2. The van der Waals surface area contributed by atoms with Gasteiger partial charge in [-0.3, -0.25) is 4.68 Å². The maximum absolute atomic E-state index is 4.62. The standard InChI is InChI=1S/C12H11BrN4/c1-8-9(6-16(2)15-8)11-7-17-5-3-4-10(13)12(17)14-11/h3-7H,1-2H3. The van der Waals surface area contributed by atoms with Gasteiger partial charge in [0.25, 0.3) is 0 Å². The normalized spacial score (nSPS) is 11.2. The molecule has 0 unspecified atom stereocenters. The lowest BCUT2D eigenvalue weighted by Crippen LogP contribution is -1.86. The molecule has 86 valence electrons. The third kappa shape index (κ3) is 1.67. The molecule has 3 rings (SSSR count). The summed E-state index contributed by atoms with van der Waals surface area (Å²) in [5, 5.41) is 4.34. The summed E-state index contributed by atoms with van der Waals surface area (Å²) in [5.41, 5.74) is 3.93. The molecule has 0 saturated carbocycles. The summed E-state index contributed by atoms with van der Waals surface area (Å²) in [4.78, 5) is 4.62. The van der Waals surface area contributed by atoms with Crippen LogP contribution in [0.5, 0.6) is 0 Å². The highest BCUT2D eigenvalue weighted by molar-refractivity contribution is 9.10. The number of nitrogens with zero attached hydrogens (tertiary/aromatic N) is 4. The molecule has 3 heterocycles. The average Bonchev–Trinajstić information content (AvgIpc) is 2.82. The predicted molar refractivity (Wildman–Crippen MR) is 69.8 cm³/mol.